The molecular formula is C18H28ClF3N6O2. The molecule has 3 rings (SSSR count). The minimum Gasteiger partial charge on any atom is -0.380 e. The average Bonchev–Trinajstić information content (AvgIpc) is 3.28. The first-order valence-electron chi connectivity index (χ1n) is 9.78. The summed E-state index contributed by atoms with van der Waals surface area (Å²) in [4.78, 5) is 25.9. The third-order valence-electron chi connectivity index (χ3n) is 5.08. The van der Waals surface area contributed by atoms with Crippen molar-refractivity contribution in [3.63, 3.8) is 0 Å². The van der Waals surface area contributed by atoms with Crippen molar-refractivity contribution in [3.8, 4) is 0 Å². The second-order valence-electron chi connectivity index (χ2n) is 7.53. The van der Waals surface area contributed by atoms with E-state index >= 15 is 0 Å². The summed E-state index contributed by atoms with van der Waals surface area (Å²) < 4.78 is 43.4. The van der Waals surface area contributed by atoms with E-state index in [9.17, 15) is 18.0 Å². The van der Waals surface area contributed by atoms with Gasteiger partial charge in [0.15, 0.2) is 0 Å². The average molecular weight is 453 g/mol. The van der Waals surface area contributed by atoms with Gasteiger partial charge in [-0.2, -0.15) is 13.2 Å². The number of halogens is 4. The molecule has 12 heteroatoms. The van der Waals surface area contributed by atoms with Gasteiger partial charge in [-0.05, 0) is 19.8 Å². The van der Waals surface area contributed by atoms with Crippen molar-refractivity contribution < 1.29 is 22.7 Å². The molecule has 1 aromatic heterocycles. The van der Waals surface area contributed by atoms with Gasteiger partial charge >= 0.3 is 12.2 Å². The zero-order chi connectivity index (χ0) is 21.0. The maximum atomic E-state index is 12.7. The highest BCUT2D eigenvalue weighted by Crippen LogP contribution is 2.29. The van der Waals surface area contributed by atoms with Crippen molar-refractivity contribution in [2.24, 2.45) is 5.73 Å². The van der Waals surface area contributed by atoms with E-state index in [1.807, 2.05) is 21.6 Å². The molecule has 3 heterocycles. The van der Waals surface area contributed by atoms with E-state index in [-0.39, 0.29) is 36.5 Å². The molecule has 170 valence electrons. The molecule has 30 heavy (non-hydrogen) atoms. The molecule has 0 bridgehead atoms. The molecule has 2 amide bonds. The summed E-state index contributed by atoms with van der Waals surface area (Å²) in [6.07, 6.45) is -1.37. The number of carbonyl (C=O) groups excluding carboxylic acids is 1. The second-order valence-corrected chi connectivity index (χ2v) is 7.53. The summed E-state index contributed by atoms with van der Waals surface area (Å²) >= 11 is 0. The summed E-state index contributed by atoms with van der Waals surface area (Å²) in [5, 5.41) is 0. The Bertz CT molecular complexity index is 691. The fraction of sp³-hybridized carbons (Fsp3) is 0.722. The normalized spacial score (nSPS) is 20.6. The molecule has 2 unspecified atom stereocenters. The Morgan fingerprint density at radius 2 is 1.97 bits per heavy atom. The van der Waals surface area contributed by atoms with Crippen LogP contribution in [0.25, 0.3) is 0 Å². The molecule has 0 radical (unpaired) electrons. The predicted octanol–water partition coefficient (Wildman–Crippen LogP) is 1.99. The lowest BCUT2D eigenvalue weighted by Crippen LogP contribution is -2.41. The van der Waals surface area contributed by atoms with Crippen LogP contribution in [0.5, 0.6) is 0 Å². The lowest BCUT2D eigenvalue weighted by atomic mass is 10.2. The van der Waals surface area contributed by atoms with Gasteiger partial charge in [-0.15, -0.1) is 12.4 Å². The number of hydrogen-bond donors (Lipinski definition) is 1. The Labute approximate surface area is 180 Å². The van der Waals surface area contributed by atoms with E-state index in [2.05, 4.69) is 9.97 Å². The van der Waals surface area contributed by atoms with E-state index < -0.39 is 11.7 Å². The van der Waals surface area contributed by atoms with Crippen molar-refractivity contribution in [1.29, 1.82) is 0 Å². The summed E-state index contributed by atoms with van der Waals surface area (Å²) in [7, 11) is 0. The van der Waals surface area contributed by atoms with Crippen LogP contribution >= 0.6 is 12.4 Å². The smallest absolute Gasteiger partial charge is 0.380 e. The van der Waals surface area contributed by atoms with Crippen LogP contribution in [0.4, 0.5) is 23.9 Å². The van der Waals surface area contributed by atoms with Gasteiger partial charge in [0.05, 0.1) is 18.2 Å². The summed E-state index contributed by atoms with van der Waals surface area (Å²) in [5.41, 5.74) is 4.76. The Balaban J connectivity index is 0.00000320. The lowest BCUT2D eigenvalue weighted by molar-refractivity contribution is -0.138. The number of nitrogens with two attached hydrogens (primary N) is 1. The van der Waals surface area contributed by atoms with Crippen LogP contribution in [0.15, 0.2) is 12.4 Å². The zero-order valence-corrected chi connectivity index (χ0v) is 17.7. The molecule has 8 nitrogen and oxygen atoms in total. The molecule has 2 aliphatic rings. The van der Waals surface area contributed by atoms with Crippen LogP contribution in [0.3, 0.4) is 0 Å². The lowest BCUT2D eigenvalue weighted by Gasteiger charge is -2.25. The van der Waals surface area contributed by atoms with Crippen LogP contribution in [0.2, 0.25) is 0 Å². The maximum Gasteiger partial charge on any atom is 0.419 e. The van der Waals surface area contributed by atoms with Crippen molar-refractivity contribution >= 4 is 24.4 Å². The molecule has 2 fully saturated rings. The summed E-state index contributed by atoms with van der Waals surface area (Å²) in [6, 6.07) is 0.00276. The molecule has 0 saturated carbocycles. The zero-order valence-electron chi connectivity index (χ0n) is 16.8. The van der Waals surface area contributed by atoms with Gasteiger partial charge in [0.1, 0.15) is 0 Å². The molecule has 1 aromatic rings. The second kappa shape index (κ2) is 10.5. The molecule has 2 atom stereocenters. The van der Waals surface area contributed by atoms with Crippen LogP contribution in [-0.4, -0.2) is 83.8 Å². The van der Waals surface area contributed by atoms with Crippen molar-refractivity contribution in [2.45, 2.75) is 38.0 Å². The third-order valence-corrected chi connectivity index (χ3v) is 5.08. The minimum absolute atomic E-state index is 0. The Morgan fingerprint density at radius 3 is 2.60 bits per heavy atom. The van der Waals surface area contributed by atoms with E-state index in [1.165, 1.54) is 0 Å². The van der Waals surface area contributed by atoms with Gasteiger partial charge in [0.2, 0.25) is 5.95 Å². The number of carbonyl (C=O) groups is 1. The molecule has 0 aromatic carbocycles. The predicted molar refractivity (Wildman–Crippen MR) is 108 cm³/mol. The molecule has 0 aliphatic carbocycles. The van der Waals surface area contributed by atoms with E-state index in [0.717, 1.165) is 25.2 Å². The highest BCUT2D eigenvalue weighted by Gasteiger charge is 2.38. The molecule has 2 aliphatic heterocycles. The summed E-state index contributed by atoms with van der Waals surface area (Å²) in [6.45, 7) is 6.01. The van der Waals surface area contributed by atoms with E-state index in [1.54, 1.807) is 0 Å². The summed E-state index contributed by atoms with van der Waals surface area (Å²) in [5.74, 6) is 0.260. The SMILES string of the molecule is CC(N)COCCCN1CCN(C2CCN(c3ncc(C(F)(F)F)cn3)C2)C1=O.Cl. The van der Waals surface area contributed by atoms with Crippen molar-refractivity contribution in [1.82, 2.24) is 19.8 Å². The number of nitrogens with zero attached hydrogens (tertiary/aromatic N) is 5. The van der Waals surface area contributed by atoms with Gasteiger partial charge < -0.3 is 25.2 Å². The van der Waals surface area contributed by atoms with Crippen molar-refractivity contribution in [2.75, 3.05) is 50.8 Å². The van der Waals surface area contributed by atoms with E-state index in [4.69, 9.17) is 10.5 Å². The number of anilines is 1. The van der Waals surface area contributed by atoms with Gasteiger partial charge in [-0.25, -0.2) is 14.8 Å². The first-order chi connectivity index (χ1) is 13.8. The maximum absolute atomic E-state index is 12.7. The molecule has 2 saturated heterocycles. The quantitative estimate of drug-likeness (QED) is 0.607. The van der Waals surface area contributed by atoms with Crippen LogP contribution in [-0.2, 0) is 10.9 Å². The Morgan fingerprint density at radius 1 is 1.27 bits per heavy atom. The van der Waals surface area contributed by atoms with Gasteiger partial charge in [-0.1, -0.05) is 0 Å². The fourth-order valence-corrected chi connectivity index (χ4v) is 3.58. The Hall–Kier alpha value is -1.85. The molecule has 2 N–H and O–H groups in total. The van der Waals surface area contributed by atoms with E-state index in [0.29, 0.717) is 45.9 Å². The standard InChI is InChI=1S/C18H27F3N6O2.ClH/c1-13(22)12-29-8-2-4-25-6-7-27(17(25)28)15-3-5-26(11-15)16-23-9-14(10-24-16)18(19,20)21;/h9-10,13,15H,2-8,11-12,22H2,1H3;1H. The van der Waals surface area contributed by atoms with Crippen molar-refractivity contribution in [3.05, 3.63) is 18.0 Å². The number of aromatic nitrogens is 2. The highest BCUT2D eigenvalue weighted by atomic mass is 35.5. The number of ether oxygens (including phenoxy) is 1. The number of amides is 2. The topological polar surface area (TPSA) is 87.8 Å². The number of rotatable bonds is 8. The minimum atomic E-state index is -4.45. The number of urea groups is 1. The highest BCUT2D eigenvalue weighted by molar-refractivity contribution is 5.85. The fourth-order valence-electron chi connectivity index (χ4n) is 3.58. The van der Waals surface area contributed by atoms with Gasteiger partial charge in [0.25, 0.3) is 0 Å². The van der Waals surface area contributed by atoms with Gasteiger partial charge in [0, 0.05) is 57.8 Å². The molecular weight excluding hydrogens is 425 g/mol. The number of alkyl halides is 3. The first-order valence-corrected chi connectivity index (χ1v) is 9.78. The number of hydrogen-bond acceptors (Lipinski definition) is 6. The third kappa shape index (κ3) is 6.08. The largest absolute Gasteiger partial charge is 0.419 e. The van der Waals surface area contributed by atoms with Crippen LogP contribution in [0, 0.1) is 0 Å². The molecule has 0 spiro atoms. The Kier molecular flexibility index (Phi) is 8.51. The van der Waals surface area contributed by atoms with Crippen LogP contribution < -0.4 is 10.6 Å². The first kappa shape index (κ1) is 24.4. The van der Waals surface area contributed by atoms with Crippen LogP contribution in [0.1, 0.15) is 25.3 Å². The monoisotopic (exact) mass is 452 g/mol. The van der Waals surface area contributed by atoms with Gasteiger partial charge in [-0.3, -0.25) is 0 Å².